The zero-order valence-electron chi connectivity index (χ0n) is 12.9. The van der Waals surface area contributed by atoms with E-state index in [2.05, 4.69) is 6.92 Å². The highest BCUT2D eigenvalue weighted by molar-refractivity contribution is 6.07. The van der Waals surface area contributed by atoms with Crippen molar-refractivity contribution in [1.82, 2.24) is 0 Å². The Kier molecular flexibility index (Phi) is 8.60. The fourth-order valence-electron chi connectivity index (χ4n) is 2.30. The van der Waals surface area contributed by atoms with Crippen molar-refractivity contribution in [3.05, 3.63) is 35.9 Å². The van der Waals surface area contributed by atoms with E-state index >= 15 is 0 Å². The molecule has 1 unspecified atom stereocenters. The number of hydrogen-bond acceptors (Lipinski definition) is 3. The molecule has 1 N–H and O–H groups in total. The zero-order valence-corrected chi connectivity index (χ0v) is 12.9. The molecule has 0 amide bonds. The Bertz CT molecular complexity index is 425. The average molecular weight is 290 g/mol. The van der Waals surface area contributed by atoms with Gasteiger partial charge in [-0.15, -0.1) is 0 Å². The molecule has 0 radical (unpaired) electrons. The summed E-state index contributed by atoms with van der Waals surface area (Å²) in [5, 5.41) is 9.77. The van der Waals surface area contributed by atoms with Crippen molar-refractivity contribution in [2.24, 2.45) is 0 Å². The van der Waals surface area contributed by atoms with E-state index in [1.165, 1.54) is 0 Å². The van der Waals surface area contributed by atoms with Crippen LogP contribution in [0.4, 0.5) is 0 Å². The maximum atomic E-state index is 11.9. The highest BCUT2D eigenvalue weighted by atomic mass is 16.3. The molecule has 1 aromatic carbocycles. The van der Waals surface area contributed by atoms with Crippen molar-refractivity contribution in [3.8, 4) is 0 Å². The first-order valence-electron chi connectivity index (χ1n) is 7.91. The van der Waals surface area contributed by atoms with Crippen molar-refractivity contribution in [2.45, 2.75) is 64.4 Å². The Hall–Kier alpha value is -1.48. The number of benzene rings is 1. The summed E-state index contributed by atoms with van der Waals surface area (Å²) in [5.41, 5.74) is 0.588. The lowest BCUT2D eigenvalue weighted by molar-refractivity contribution is -0.118. The van der Waals surface area contributed by atoms with Crippen LogP contribution in [0, 0.1) is 0 Å². The van der Waals surface area contributed by atoms with E-state index < -0.39 is 0 Å². The van der Waals surface area contributed by atoms with Gasteiger partial charge in [-0.05, 0) is 19.3 Å². The number of ketones is 2. The Labute approximate surface area is 127 Å². The van der Waals surface area contributed by atoms with E-state index in [1.54, 1.807) is 24.3 Å². The number of rotatable bonds is 11. The topological polar surface area (TPSA) is 54.4 Å². The Morgan fingerprint density at radius 2 is 1.71 bits per heavy atom. The van der Waals surface area contributed by atoms with Crippen LogP contribution in [0.25, 0.3) is 0 Å². The van der Waals surface area contributed by atoms with Crippen LogP contribution in [0.3, 0.4) is 0 Å². The Balaban J connectivity index is 2.18. The molecule has 0 heterocycles. The molecule has 21 heavy (non-hydrogen) atoms. The van der Waals surface area contributed by atoms with Crippen LogP contribution >= 0.6 is 0 Å². The van der Waals surface area contributed by atoms with E-state index in [9.17, 15) is 14.7 Å². The van der Waals surface area contributed by atoms with E-state index in [0.717, 1.165) is 25.7 Å². The molecule has 0 aliphatic rings. The average Bonchev–Trinajstić information content (AvgIpc) is 2.48. The monoisotopic (exact) mass is 290 g/mol. The van der Waals surface area contributed by atoms with Crippen LogP contribution in [-0.2, 0) is 4.79 Å². The van der Waals surface area contributed by atoms with E-state index in [-0.39, 0.29) is 24.1 Å². The highest BCUT2D eigenvalue weighted by Crippen LogP contribution is 2.11. The first kappa shape index (κ1) is 17.6. The van der Waals surface area contributed by atoms with Gasteiger partial charge in [0.05, 0.1) is 12.5 Å². The fraction of sp³-hybridized carbons (Fsp3) is 0.556. The van der Waals surface area contributed by atoms with Gasteiger partial charge in [-0.2, -0.15) is 0 Å². The molecule has 0 fully saturated rings. The maximum Gasteiger partial charge on any atom is 0.170 e. The maximum absolute atomic E-state index is 11.9. The van der Waals surface area contributed by atoms with Crippen LogP contribution in [0.1, 0.15) is 68.6 Å². The fourth-order valence-corrected chi connectivity index (χ4v) is 2.30. The van der Waals surface area contributed by atoms with Gasteiger partial charge >= 0.3 is 0 Å². The minimum atomic E-state index is -0.311. The van der Waals surface area contributed by atoms with Gasteiger partial charge < -0.3 is 5.11 Å². The third kappa shape index (κ3) is 7.76. The lowest BCUT2D eigenvalue weighted by Gasteiger charge is -2.09. The smallest absolute Gasteiger partial charge is 0.170 e. The number of hydrogen-bond donors (Lipinski definition) is 1. The molecule has 1 rings (SSSR count). The largest absolute Gasteiger partial charge is 0.393 e. The summed E-state index contributed by atoms with van der Waals surface area (Å²) in [6.07, 6.45) is 5.48. The second-order valence-corrected chi connectivity index (χ2v) is 5.55. The summed E-state index contributed by atoms with van der Waals surface area (Å²) in [6.45, 7) is 2.13. The Morgan fingerprint density at radius 3 is 2.38 bits per heavy atom. The molecule has 0 saturated heterocycles. The zero-order chi connectivity index (χ0) is 15.5. The number of unbranched alkanes of at least 4 members (excludes halogenated alkanes) is 2. The number of aliphatic hydroxyl groups excluding tert-OH is 1. The summed E-state index contributed by atoms with van der Waals surface area (Å²) in [7, 11) is 0. The molecule has 1 atom stereocenters. The van der Waals surface area contributed by atoms with E-state index in [1.807, 2.05) is 6.07 Å². The Morgan fingerprint density at radius 1 is 1.05 bits per heavy atom. The molecule has 1 aromatic rings. The first-order valence-corrected chi connectivity index (χ1v) is 7.91. The second kappa shape index (κ2) is 10.3. The van der Waals surface area contributed by atoms with Gasteiger partial charge in [0.1, 0.15) is 5.78 Å². The molecule has 0 aliphatic carbocycles. The molecular formula is C18H26O3. The normalized spacial score (nSPS) is 12.1. The van der Waals surface area contributed by atoms with Gasteiger partial charge in [-0.3, -0.25) is 9.59 Å². The summed E-state index contributed by atoms with van der Waals surface area (Å²) in [4.78, 5) is 23.6. The van der Waals surface area contributed by atoms with Gasteiger partial charge in [-0.25, -0.2) is 0 Å². The van der Waals surface area contributed by atoms with Gasteiger partial charge in [0.2, 0.25) is 0 Å². The van der Waals surface area contributed by atoms with Crippen molar-refractivity contribution in [3.63, 3.8) is 0 Å². The molecule has 0 aliphatic heterocycles. The minimum Gasteiger partial charge on any atom is -0.393 e. The number of aliphatic hydroxyl groups is 1. The molecule has 0 saturated carbocycles. The standard InChI is InChI=1S/C18H26O3/c1-2-3-5-11-16(19)12-8-13-17(20)14-18(21)15-9-6-4-7-10-15/h4,6-7,9-10,16,19H,2-3,5,8,11-14H2,1H3. The molecule has 0 spiro atoms. The van der Waals surface area contributed by atoms with Crippen molar-refractivity contribution >= 4 is 11.6 Å². The van der Waals surface area contributed by atoms with Crippen LogP contribution in [0.5, 0.6) is 0 Å². The van der Waals surface area contributed by atoms with Crippen LogP contribution < -0.4 is 0 Å². The van der Waals surface area contributed by atoms with Crippen LogP contribution in [0.2, 0.25) is 0 Å². The molecule has 3 heteroatoms. The third-order valence-corrected chi connectivity index (χ3v) is 3.59. The predicted molar refractivity (Wildman–Crippen MR) is 84.4 cm³/mol. The summed E-state index contributed by atoms with van der Waals surface area (Å²) < 4.78 is 0. The predicted octanol–water partition coefficient (Wildman–Crippen LogP) is 3.94. The van der Waals surface area contributed by atoms with Crippen molar-refractivity contribution < 1.29 is 14.7 Å². The quantitative estimate of drug-likeness (QED) is 0.381. The van der Waals surface area contributed by atoms with Crippen LogP contribution in [0.15, 0.2) is 30.3 Å². The van der Waals surface area contributed by atoms with Crippen LogP contribution in [-0.4, -0.2) is 22.8 Å². The minimum absolute atomic E-state index is 0.0318. The molecule has 3 nitrogen and oxygen atoms in total. The SMILES string of the molecule is CCCCCC(O)CCCC(=O)CC(=O)c1ccccc1. The number of carbonyl (C=O) groups is 2. The van der Waals surface area contributed by atoms with Gasteiger partial charge in [-0.1, -0.05) is 56.5 Å². The lowest BCUT2D eigenvalue weighted by atomic mass is 10.0. The highest BCUT2D eigenvalue weighted by Gasteiger charge is 2.12. The number of carbonyl (C=O) groups excluding carboxylic acids is 2. The number of Topliss-reactive ketones (excluding diaryl/α,β-unsaturated/α-hetero) is 2. The van der Waals surface area contributed by atoms with Crippen molar-refractivity contribution in [2.75, 3.05) is 0 Å². The lowest BCUT2D eigenvalue weighted by Crippen LogP contribution is -2.10. The molecule has 0 bridgehead atoms. The molecule has 0 aromatic heterocycles. The van der Waals surface area contributed by atoms with E-state index in [4.69, 9.17) is 0 Å². The first-order chi connectivity index (χ1) is 10.1. The summed E-state index contributed by atoms with van der Waals surface area (Å²) in [5.74, 6) is -0.159. The summed E-state index contributed by atoms with van der Waals surface area (Å²) >= 11 is 0. The molecule has 116 valence electrons. The van der Waals surface area contributed by atoms with Crippen molar-refractivity contribution in [1.29, 1.82) is 0 Å². The molecular weight excluding hydrogens is 264 g/mol. The van der Waals surface area contributed by atoms with Gasteiger partial charge in [0.15, 0.2) is 5.78 Å². The van der Waals surface area contributed by atoms with Gasteiger partial charge in [0.25, 0.3) is 0 Å². The van der Waals surface area contributed by atoms with Gasteiger partial charge in [0, 0.05) is 12.0 Å². The third-order valence-electron chi connectivity index (χ3n) is 3.59. The van der Waals surface area contributed by atoms with E-state index in [0.29, 0.717) is 24.8 Å². The second-order valence-electron chi connectivity index (χ2n) is 5.55. The summed E-state index contributed by atoms with van der Waals surface area (Å²) in [6, 6.07) is 8.90.